The Labute approximate surface area is 89.9 Å². The molecule has 1 aromatic carbocycles. The molecule has 0 heterocycles. The maximum Gasteiger partial charge on any atom is 2.00 e. The zero-order chi connectivity index (χ0) is 9.46. The van der Waals surface area contributed by atoms with Gasteiger partial charge in [-0.3, -0.25) is 19.2 Å². The minimum Gasteiger partial charge on any atom is -0.870 e. The van der Waals surface area contributed by atoms with Crippen LogP contribution in [0.15, 0.2) is 19.2 Å². The van der Waals surface area contributed by atoms with Gasteiger partial charge in [0.1, 0.15) is 0 Å². The first-order valence-corrected chi connectivity index (χ1v) is 2.72. The van der Waals surface area contributed by atoms with Gasteiger partial charge in [0.25, 0.3) is 10.9 Å². The van der Waals surface area contributed by atoms with Crippen molar-refractivity contribution in [3.8, 4) is 11.5 Å². The molecule has 1 aromatic rings. The van der Waals surface area contributed by atoms with Crippen molar-refractivity contribution in [3.63, 3.8) is 0 Å². The zero-order valence-electron chi connectivity index (χ0n) is 5.95. The third-order valence-electron chi connectivity index (χ3n) is 1.24. The Kier molecular flexibility index (Phi) is 3.46. The molecule has 7 heteroatoms. The summed E-state index contributed by atoms with van der Waals surface area (Å²) >= 11 is 0. The van der Waals surface area contributed by atoms with Crippen LogP contribution in [0.25, 0.3) is 0 Å². The fraction of sp³-hybridized carbons (Fsp3) is 0. The van der Waals surface area contributed by atoms with Gasteiger partial charge in [-0.05, 0) is 0 Å². The number of hydrogen-bond donors (Lipinski definition) is 0. The van der Waals surface area contributed by atoms with E-state index < -0.39 is 33.2 Å². The molecule has 13 heavy (non-hydrogen) atoms. The number of benzene rings is 1. The average molecular weight is 375 g/mol. The van der Waals surface area contributed by atoms with Crippen molar-refractivity contribution in [2.24, 2.45) is 0 Å². The fourth-order valence-electron chi connectivity index (χ4n) is 0.619. The molecule has 0 N–H and O–H groups in total. The van der Waals surface area contributed by atoms with Crippen LogP contribution in [0.5, 0.6) is 11.5 Å². The van der Waals surface area contributed by atoms with Gasteiger partial charge in [-0.15, -0.1) is 0 Å². The van der Waals surface area contributed by atoms with E-state index in [1.807, 2.05) is 0 Å². The Bertz CT molecular complexity index is 475. The summed E-state index contributed by atoms with van der Waals surface area (Å²) in [4.78, 5) is 41.6. The predicted octanol–water partition coefficient (Wildman–Crippen LogP) is -4.23. The van der Waals surface area contributed by atoms with Gasteiger partial charge in [-0.1, -0.05) is 11.5 Å². The molecule has 0 aliphatic carbocycles. The fourth-order valence-corrected chi connectivity index (χ4v) is 0.619. The van der Waals surface area contributed by atoms with Crippen molar-refractivity contribution >= 4 is 27.3 Å². The van der Waals surface area contributed by atoms with Gasteiger partial charge in [-0.25, -0.2) is 0 Å². The summed E-state index contributed by atoms with van der Waals surface area (Å²) in [5, 5.41) is 20.8. The van der Waals surface area contributed by atoms with Gasteiger partial charge in [-0.2, -0.15) is 0 Å². The summed E-state index contributed by atoms with van der Waals surface area (Å²) in [5.41, 5.74) is -6.93. The normalized spacial score (nSPS) is 9.23. The quantitative estimate of drug-likeness (QED) is 0.335. The Morgan fingerprint density at radius 1 is 0.615 bits per heavy atom. The van der Waals surface area contributed by atoms with E-state index in [1.165, 1.54) is 0 Å². The molecular weight excluding hydrogens is 375 g/mol. The van der Waals surface area contributed by atoms with Crippen LogP contribution in [-0.2, 0) is 0 Å². The maximum atomic E-state index is 10.4. The third-order valence-corrected chi connectivity index (χ3v) is 1.24. The van der Waals surface area contributed by atoms with E-state index in [9.17, 15) is 29.4 Å². The summed E-state index contributed by atoms with van der Waals surface area (Å²) in [6, 6.07) is 0. The number of rotatable bonds is 0. The molecule has 0 fully saturated rings. The first-order valence-electron chi connectivity index (χ1n) is 2.72. The molecular formula is C6O6Pb. The van der Waals surface area contributed by atoms with Gasteiger partial charge in [0.2, 0.25) is 10.9 Å². The second-order valence-electron chi connectivity index (χ2n) is 1.97. The average Bonchev–Trinajstić information content (AvgIpc) is 2.08. The van der Waals surface area contributed by atoms with Crippen LogP contribution in [-0.4, -0.2) is 27.3 Å². The first-order chi connectivity index (χ1) is 5.46. The van der Waals surface area contributed by atoms with Crippen molar-refractivity contribution < 1.29 is 10.2 Å². The summed E-state index contributed by atoms with van der Waals surface area (Å²) in [7, 11) is 0. The van der Waals surface area contributed by atoms with Gasteiger partial charge in [0.15, 0.2) is 0 Å². The van der Waals surface area contributed by atoms with Crippen LogP contribution in [0.4, 0.5) is 0 Å². The zero-order valence-corrected chi connectivity index (χ0v) is 9.84. The van der Waals surface area contributed by atoms with E-state index in [1.54, 1.807) is 0 Å². The molecule has 0 amide bonds. The van der Waals surface area contributed by atoms with Gasteiger partial charge in [0.05, 0.1) is 0 Å². The van der Waals surface area contributed by atoms with Crippen LogP contribution >= 0.6 is 0 Å². The van der Waals surface area contributed by atoms with Crippen LogP contribution < -0.4 is 31.9 Å². The van der Waals surface area contributed by atoms with E-state index >= 15 is 0 Å². The second-order valence-corrected chi connectivity index (χ2v) is 1.97. The molecule has 0 aromatic heterocycles. The first kappa shape index (κ1) is 11.9. The Morgan fingerprint density at radius 3 is 1.08 bits per heavy atom. The summed E-state index contributed by atoms with van der Waals surface area (Å²) in [6.45, 7) is 0. The van der Waals surface area contributed by atoms with Crippen LogP contribution in [0.2, 0.25) is 0 Å². The smallest absolute Gasteiger partial charge is 0.870 e. The topological polar surface area (TPSA) is 114 Å². The largest absolute Gasteiger partial charge is 2.00 e. The monoisotopic (exact) mass is 376 g/mol. The van der Waals surface area contributed by atoms with Crippen LogP contribution in [0.3, 0.4) is 0 Å². The number of hydrogen-bond acceptors (Lipinski definition) is 6. The Morgan fingerprint density at radius 2 is 0.846 bits per heavy atom. The van der Waals surface area contributed by atoms with Crippen molar-refractivity contribution in [2.45, 2.75) is 0 Å². The van der Waals surface area contributed by atoms with E-state index in [2.05, 4.69) is 0 Å². The molecule has 0 saturated heterocycles. The van der Waals surface area contributed by atoms with Gasteiger partial charge in [0, 0.05) is 0 Å². The summed E-state index contributed by atoms with van der Waals surface area (Å²) in [5.74, 6) is -3.46. The van der Waals surface area contributed by atoms with E-state index in [4.69, 9.17) is 0 Å². The van der Waals surface area contributed by atoms with Gasteiger partial charge >= 0.3 is 27.3 Å². The predicted molar refractivity (Wildman–Crippen MR) is 38.5 cm³/mol. The second kappa shape index (κ2) is 3.77. The van der Waals surface area contributed by atoms with Crippen molar-refractivity contribution in [3.05, 3.63) is 40.9 Å². The molecule has 0 atom stereocenters. The standard InChI is InChI=1S/C6H2O6.Pb/c7-1-2(8)4(10)6(12)5(11)3(1)9;/h7-8H;/q;+2/p-2. The van der Waals surface area contributed by atoms with Crippen LogP contribution in [0.1, 0.15) is 0 Å². The summed E-state index contributed by atoms with van der Waals surface area (Å²) < 4.78 is 0. The van der Waals surface area contributed by atoms with Crippen molar-refractivity contribution in [1.29, 1.82) is 0 Å². The van der Waals surface area contributed by atoms with E-state index in [0.717, 1.165) is 0 Å². The van der Waals surface area contributed by atoms with E-state index in [0.29, 0.717) is 0 Å². The molecule has 0 aliphatic heterocycles. The molecule has 0 unspecified atom stereocenters. The molecule has 2 radical (unpaired) electrons. The molecule has 0 aliphatic rings. The molecule has 0 bridgehead atoms. The van der Waals surface area contributed by atoms with E-state index in [-0.39, 0.29) is 27.3 Å². The molecule has 0 spiro atoms. The van der Waals surface area contributed by atoms with Gasteiger partial charge < -0.3 is 10.2 Å². The molecule has 1 rings (SSSR count). The molecule has 64 valence electrons. The molecule has 0 saturated carbocycles. The molecule has 6 nitrogen and oxygen atoms in total. The Hall–Kier alpha value is -1.06. The minimum absolute atomic E-state index is 0. The minimum atomic E-state index is -1.73. The third kappa shape index (κ3) is 1.66. The van der Waals surface area contributed by atoms with Crippen molar-refractivity contribution in [2.75, 3.05) is 0 Å². The summed E-state index contributed by atoms with van der Waals surface area (Å²) in [6.07, 6.45) is 0. The maximum absolute atomic E-state index is 10.4. The van der Waals surface area contributed by atoms with Crippen LogP contribution in [0, 0.1) is 0 Å². The van der Waals surface area contributed by atoms with Crippen molar-refractivity contribution in [1.82, 2.24) is 0 Å². The Balaban J connectivity index is 0.00000144. The SMILES string of the molecule is O=c1c([O-])c([O-])c(=O)c(=O)c1=O.[Pb+2].